The van der Waals surface area contributed by atoms with Crippen molar-refractivity contribution in [1.29, 1.82) is 0 Å². The van der Waals surface area contributed by atoms with Crippen molar-refractivity contribution < 1.29 is 9.47 Å². The van der Waals surface area contributed by atoms with Gasteiger partial charge in [-0.05, 0) is 18.6 Å². The van der Waals surface area contributed by atoms with Crippen LogP contribution in [-0.2, 0) is 0 Å². The van der Waals surface area contributed by atoms with Gasteiger partial charge in [0.05, 0.1) is 19.9 Å². The monoisotopic (exact) mass is 181 g/mol. The molecule has 0 atom stereocenters. The molecule has 0 radical (unpaired) electrons. The van der Waals surface area contributed by atoms with E-state index >= 15 is 0 Å². The normalized spacial score (nSPS) is 9.54. The van der Waals surface area contributed by atoms with Crippen molar-refractivity contribution in [3.63, 3.8) is 0 Å². The van der Waals surface area contributed by atoms with Gasteiger partial charge in [0, 0.05) is 7.05 Å². The molecule has 0 amide bonds. The van der Waals surface area contributed by atoms with Gasteiger partial charge >= 0.3 is 0 Å². The predicted octanol–water partition coefficient (Wildman–Crippen LogP) is 2.05. The van der Waals surface area contributed by atoms with Crippen LogP contribution in [0.5, 0.6) is 11.5 Å². The molecule has 0 heterocycles. The van der Waals surface area contributed by atoms with E-state index in [9.17, 15) is 0 Å². The third-order valence-corrected chi connectivity index (χ3v) is 2.00. The van der Waals surface area contributed by atoms with Crippen LogP contribution in [0.3, 0.4) is 0 Å². The van der Waals surface area contributed by atoms with Crippen LogP contribution >= 0.6 is 0 Å². The number of hydrogen-bond donors (Lipinski definition) is 1. The summed E-state index contributed by atoms with van der Waals surface area (Å²) in [4.78, 5) is 0. The highest BCUT2D eigenvalue weighted by Crippen LogP contribution is 2.36. The van der Waals surface area contributed by atoms with Crippen molar-refractivity contribution in [3.8, 4) is 11.5 Å². The van der Waals surface area contributed by atoms with E-state index in [0.717, 1.165) is 22.7 Å². The molecule has 72 valence electrons. The van der Waals surface area contributed by atoms with Crippen LogP contribution < -0.4 is 14.8 Å². The van der Waals surface area contributed by atoms with Gasteiger partial charge in [0.15, 0.2) is 11.5 Å². The van der Waals surface area contributed by atoms with Gasteiger partial charge in [-0.2, -0.15) is 0 Å². The number of nitrogens with one attached hydrogen (secondary N) is 1. The van der Waals surface area contributed by atoms with E-state index in [4.69, 9.17) is 9.47 Å². The molecule has 1 aromatic rings. The summed E-state index contributed by atoms with van der Waals surface area (Å²) in [5, 5.41) is 3.08. The number of methoxy groups -OCH3 is 2. The minimum atomic E-state index is 0.748. The number of benzene rings is 1. The van der Waals surface area contributed by atoms with Crippen LogP contribution in [0.4, 0.5) is 5.69 Å². The molecular weight excluding hydrogens is 166 g/mol. The first-order chi connectivity index (χ1) is 6.24. The lowest BCUT2D eigenvalue weighted by molar-refractivity contribution is 0.356. The first-order valence-electron chi connectivity index (χ1n) is 4.14. The van der Waals surface area contributed by atoms with E-state index in [2.05, 4.69) is 5.32 Å². The minimum absolute atomic E-state index is 0.748. The average Bonchev–Trinajstić information content (AvgIpc) is 2.17. The summed E-state index contributed by atoms with van der Waals surface area (Å²) >= 11 is 0. The summed E-state index contributed by atoms with van der Waals surface area (Å²) in [6.45, 7) is 2.02. The topological polar surface area (TPSA) is 30.5 Å². The second-order valence-corrected chi connectivity index (χ2v) is 2.74. The van der Waals surface area contributed by atoms with E-state index in [1.54, 1.807) is 14.2 Å². The third-order valence-electron chi connectivity index (χ3n) is 2.00. The zero-order valence-corrected chi connectivity index (χ0v) is 8.47. The average molecular weight is 181 g/mol. The molecule has 3 heteroatoms. The van der Waals surface area contributed by atoms with Gasteiger partial charge in [-0.15, -0.1) is 0 Å². The Bertz CT molecular complexity index is 297. The molecule has 0 aliphatic carbocycles. The van der Waals surface area contributed by atoms with E-state index in [1.165, 1.54) is 0 Å². The predicted molar refractivity (Wildman–Crippen MR) is 53.8 cm³/mol. The Morgan fingerprint density at radius 3 is 2.31 bits per heavy atom. The fourth-order valence-corrected chi connectivity index (χ4v) is 1.34. The van der Waals surface area contributed by atoms with Gasteiger partial charge in [-0.1, -0.05) is 6.07 Å². The van der Waals surface area contributed by atoms with Crippen molar-refractivity contribution in [2.24, 2.45) is 0 Å². The molecule has 0 bridgehead atoms. The molecule has 13 heavy (non-hydrogen) atoms. The molecule has 1 aromatic carbocycles. The summed E-state index contributed by atoms with van der Waals surface area (Å²) in [6.07, 6.45) is 0. The molecule has 0 aromatic heterocycles. The van der Waals surface area contributed by atoms with Crippen molar-refractivity contribution in [3.05, 3.63) is 17.7 Å². The van der Waals surface area contributed by atoms with Gasteiger partial charge in [0.1, 0.15) is 0 Å². The second kappa shape index (κ2) is 4.03. The smallest absolute Gasteiger partial charge is 0.184 e. The quantitative estimate of drug-likeness (QED) is 0.774. The maximum atomic E-state index is 5.25. The second-order valence-electron chi connectivity index (χ2n) is 2.74. The Morgan fingerprint density at radius 1 is 1.15 bits per heavy atom. The Balaban J connectivity index is 3.27. The highest BCUT2D eigenvalue weighted by molar-refractivity contribution is 5.67. The zero-order valence-electron chi connectivity index (χ0n) is 8.47. The third kappa shape index (κ3) is 1.69. The summed E-state index contributed by atoms with van der Waals surface area (Å²) in [5.41, 5.74) is 2.11. The molecule has 1 rings (SSSR count). The van der Waals surface area contributed by atoms with Crippen molar-refractivity contribution in [1.82, 2.24) is 0 Å². The van der Waals surface area contributed by atoms with Gasteiger partial charge < -0.3 is 14.8 Å². The fourth-order valence-electron chi connectivity index (χ4n) is 1.34. The van der Waals surface area contributed by atoms with Crippen molar-refractivity contribution in [2.45, 2.75) is 6.92 Å². The number of hydrogen-bond acceptors (Lipinski definition) is 3. The molecule has 3 nitrogen and oxygen atoms in total. The lowest BCUT2D eigenvalue weighted by Gasteiger charge is -2.14. The van der Waals surface area contributed by atoms with Crippen molar-refractivity contribution >= 4 is 5.69 Å². The first-order valence-corrected chi connectivity index (χ1v) is 4.14. The molecule has 0 saturated carbocycles. The summed E-state index contributed by atoms with van der Waals surface area (Å²) in [7, 11) is 5.13. The maximum Gasteiger partial charge on any atom is 0.184 e. The van der Waals surface area contributed by atoms with E-state index < -0.39 is 0 Å². The molecule has 0 fully saturated rings. The molecule has 0 unspecified atom stereocenters. The van der Waals surface area contributed by atoms with E-state index in [-0.39, 0.29) is 0 Å². The van der Waals surface area contributed by atoms with Crippen molar-refractivity contribution in [2.75, 3.05) is 26.6 Å². The molecule has 0 aliphatic heterocycles. The highest BCUT2D eigenvalue weighted by Gasteiger charge is 2.10. The van der Waals surface area contributed by atoms with Crippen LogP contribution in [-0.4, -0.2) is 21.3 Å². The summed E-state index contributed by atoms with van der Waals surface area (Å²) in [6, 6.07) is 3.89. The zero-order chi connectivity index (χ0) is 9.84. The fraction of sp³-hybridized carbons (Fsp3) is 0.400. The molecule has 0 spiro atoms. The largest absolute Gasteiger partial charge is 0.493 e. The van der Waals surface area contributed by atoms with Gasteiger partial charge in [0.25, 0.3) is 0 Å². The van der Waals surface area contributed by atoms with E-state index in [0.29, 0.717) is 0 Å². The molecule has 1 N–H and O–H groups in total. The number of ether oxygens (including phenoxy) is 2. The Hall–Kier alpha value is -1.38. The lowest BCUT2D eigenvalue weighted by atomic mass is 10.1. The van der Waals surface area contributed by atoms with Crippen LogP contribution in [0.1, 0.15) is 5.56 Å². The Kier molecular flexibility index (Phi) is 3.01. The standard InChI is InChI=1S/C10H15NO2/c1-7-5-6-8(12-3)10(13-4)9(7)11-2/h5-6,11H,1-4H3. The lowest BCUT2D eigenvalue weighted by Crippen LogP contribution is -1.98. The Labute approximate surface area is 78.7 Å². The first kappa shape index (κ1) is 9.71. The van der Waals surface area contributed by atoms with E-state index in [1.807, 2.05) is 26.1 Å². The SMILES string of the molecule is CNc1c(C)ccc(OC)c1OC. The van der Waals surface area contributed by atoms with Crippen LogP contribution in [0.2, 0.25) is 0 Å². The van der Waals surface area contributed by atoms with Crippen LogP contribution in [0, 0.1) is 6.92 Å². The Morgan fingerprint density at radius 2 is 1.85 bits per heavy atom. The summed E-state index contributed by atoms with van der Waals surface area (Å²) in [5.74, 6) is 1.50. The number of anilines is 1. The van der Waals surface area contributed by atoms with Crippen LogP contribution in [0.15, 0.2) is 12.1 Å². The number of aryl methyl sites for hydroxylation is 1. The van der Waals surface area contributed by atoms with Gasteiger partial charge in [-0.25, -0.2) is 0 Å². The van der Waals surface area contributed by atoms with Gasteiger partial charge in [-0.3, -0.25) is 0 Å². The maximum absolute atomic E-state index is 5.25. The van der Waals surface area contributed by atoms with Crippen LogP contribution in [0.25, 0.3) is 0 Å². The number of rotatable bonds is 3. The molecular formula is C10H15NO2. The van der Waals surface area contributed by atoms with Gasteiger partial charge in [0.2, 0.25) is 0 Å². The summed E-state index contributed by atoms with van der Waals surface area (Å²) < 4.78 is 10.4. The minimum Gasteiger partial charge on any atom is -0.493 e. The highest BCUT2D eigenvalue weighted by atomic mass is 16.5. The molecule has 0 aliphatic rings. The molecule has 0 saturated heterocycles.